The second-order valence-electron chi connectivity index (χ2n) is 13.4. The molecular formula is C34H48O5. The average Bonchev–Trinajstić information content (AvgIpc) is 3.16. The molecule has 2 aromatic rings. The first-order valence-electron chi connectivity index (χ1n) is 14.3. The van der Waals surface area contributed by atoms with E-state index in [4.69, 9.17) is 18.9 Å². The molecule has 0 aliphatic heterocycles. The van der Waals surface area contributed by atoms with Crippen molar-refractivity contribution in [3.8, 4) is 11.5 Å². The van der Waals surface area contributed by atoms with Gasteiger partial charge in [-0.1, -0.05) is 39.8 Å². The number of hydrogen-bond acceptors (Lipinski definition) is 5. The van der Waals surface area contributed by atoms with Gasteiger partial charge >= 0.3 is 5.97 Å². The monoisotopic (exact) mass is 536 g/mol. The minimum atomic E-state index is -0.314. The first-order chi connectivity index (χ1) is 18.1. The molecule has 3 unspecified atom stereocenters. The SMILES string of the molecule is COC(C)COc1c(C)cc2c(c1C)C1(CC2(C)C)CC(C)(C)c2cc(C)c(OCC(C)OC(C)=O)c(C)c21. The smallest absolute Gasteiger partial charge is 0.303 e. The quantitative estimate of drug-likeness (QED) is 0.331. The lowest BCUT2D eigenvalue weighted by Crippen LogP contribution is -2.28. The number of benzene rings is 2. The highest BCUT2D eigenvalue weighted by molar-refractivity contribution is 5.69. The number of aryl methyl sites for hydroxylation is 2. The first-order valence-corrected chi connectivity index (χ1v) is 14.3. The van der Waals surface area contributed by atoms with Gasteiger partial charge in [-0.3, -0.25) is 4.79 Å². The highest BCUT2D eigenvalue weighted by Crippen LogP contribution is 2.65. The molecule has 0 radical (unpaired) electrons. The van der Waals surface area contributed by atoms with E-state index in [0.717, 1.165) is 29.9 Å². The molecule has 214 valence electrons. The fraction of sp³-hybridized carbons (Fsp3) is 0.618. The van der Waals surface area contributed by atoms with Crippen LogP contribution in [0.2, 0.25) is 0 Å². The topological polar surface area (TPSA) is 54.0 Å². The molecule has 0 heterocycles. The van der Waals surface area contributed by atoms with Gasteiger partial charge in [0.15, 0.2) is 0 Å². The molecule has 0 amide bonds. The van der Waals surface area contributed by atoms with Crippen LogP contribution in [0, 0.1) is 27.7 Å². The van der Waals surface area contributed by atoms with E-state index >= 15 is 0 Å². The minimum absolute atomic E-state index is 0.00895. The summed E-state index contributed by atoms with van der Waals surface area (Å²) < 4.78 is 23.7. The van der Waals surface area contributed by atoms with E-state index in [9.17, 15) is 4.79 Å². The molecule has 0 saturated heterocycles. The predicted octanol–water partition coefficient (Wildman–Crippen LogP) is 7.31. The summed E-state index contributed by atoms with van der Waals surface area (Å²) >= 11 is 0. The van der Waals surface area contributed by atoms with Crippen molar-refractivity contribution in [2.75, 3.05) is 20.3 Å². The van der Waals surface area contributed by atoms with Crippen LogP contribution in [0.15, 0.2) is 12.1 Å². The van der Waals surface area contributed by atoms with Gasteiger partial charge in [0.2, 0.25) is 0 Å². The standard InChI is InChI=1S/C34H48O5/c1-19-13-26-28(23(5)30(19)37-15-21(3)36-12)34(17-32(26,8)9)18-33(10,11)27-14-20(2)31(24(6)29(27)34)38-16-22(4)39-25(7)35/h13-14,21-22H,15-18H2,1-12H3. The molecular weight excluding hydrogens is 488 g/mol. The lowest BCUT2D eigenvalue weighted by molar-refractivity contribution is -0.146. The Morgan fingerprint density at radius 1 is 0.795 bits per heavy atom. The Hall–Kier alpha value is -2.53. The van der Waals surface area contributed by atoms with Crippen molar-refractivity contribution in [3.05, 3.63) is 56.6 Å². The van der Waals surface area contributed by atoms with Crippen molar-refractivity contribution in [1.29, 1.82) is 0 Å². The molecule has 3 atom stereocenters. The van der Waals surface area contributed by atoms with Crippen molar-refractivity contribution in [2.24, 2.45) is 0 Å². The number of carbonyl (C=O) groups is 1. The minimum Gasteiger partial charge on any atom is -0.490 e. The van der Waals surface area contributed by atoms with Crippen molar-refractivity contribution in [3.63, 3.8) is 0 Å². The number of ether oxygens (including phenoxy) is 4. The Balaban J connectivity index is 1.91. The van der Waals surface area contributed by atoms with Gasteiger partial charge in [0.25, 0.3) is 0 Å². The molecule has 1 spiro atoms. The van der Waals surface area contributed by atoms with E-state index in [1.807, 2.05) is 13.8 Å². The number of rotatable bonds is 8. The normalized spacial score (nSPS) is 21.8. The largest absolute Gasteiger partial charge is 0.490 e. The average molecular weight is 537 g/mol. The second kappa shape index (κ2) is 10.1. The summed E-state index contributed by atoms with van der Waals surface area (Å²) in [4.78, 5) is 11.5. The maximum atomic E-state index is 11.5. The van der Waals surface area contributed by atoms with E-state index in [1.165, 1.54) is 45.9 Å². The first kappa shape index (κ1) is 29.5. The highest BCUT2D eigenvalue weighted by atomic mass is 16.6. The Kier molecular flexibility index (Phi) is 7.66. The lowest BCUT2D eigenvalue weighted by Gasteiger charge is -2.33. The fourth-order valence-electron chi connectivity index (χ4n) is 7.70. The summed E-state index contributed by atoms with van der Waals surface area (Å²) in [6.07, 6.45) is 1.78. The highest BCUT2D eigenvalue weighted by Gasteiger charge is 2.58. The van der Waals surface area contributed by atoms with E-state index in [-0.39, 0.29) is 34.4 Å². The van der Waals surface area contributed by atoms with Gasteiger partial charge in [-0.25, -0.2) is 0 Å². The van der Waals surface area contributed by atoms with Gasteiger partial charge in [0, 0.05) is 19.4 Å². The molecule has 5 heteroatoms. The molecule has 0 bridgehead atoms. The summed E-state index contributed by atoms with van der Waals surface area (Å²) in [6.45, 7) is 24.5. The number of fused-ring (bicyclic) bond motifs is 4. The summed E-state index contributed by atoms with van der Waals surface area (Å²) in [7, 11) is 1.73. The van der Waals surface area contributed by atoms with Crippen molar-refractivity contribution < 1.29 is 23.7 Å². The Bertz CT molecular complexity index is 1280. The van der Waals surface area contributed by atoms with Crippen LogP contribution in [-0.4, -0.2) is 38.5 Å². The zero-order valence-electron chi connectivity index (χ0n) is 26.2. The van der Waals surface area contributed by atoms with E-state index in [1.54, 1.807) is 7.11 Å². The Morgan fingerprint density at radius 2 is 1.21 bits per heavy atom. The lowest BCUT2D eigenvalue weighted by atomic mass is 9.70. The molecule has 0 saturated carbocycles. The Labute approximate surface area is 235 Å². The van der Waals surface area contributed by atoms with Gasteiger partial charge in [0.05, 0.1) is 6.10 Å². The third-order valence-electron chi connectivity index (χ3n) is 9.00. The van der Waals surface area contributed by atoms with Gasteiger partial charge in [-0.2, -0.15) is 0 Å². The van der Waals surface area contributed by atoms with Crippen LogP contribution >= 0.6 is 0 Å². The van der Waals surface area contributed by atoms with Crippen LogP contribution < -0.4 is 9.47 Å². The summed E-state index contributed by atoms with van der Waals surface area (Å²) in [5.41, 5.74) is 10.3. The number of methoxy groups -OCH3 is 1. The fourth-order valence-corrected chi connectivity index (χ4v) is 7.70. The van der Waals surface area contributed by atoms with Crippen LogP contribution in [0.3, 0.4) is 0 Å². The molecule has 2 aliphatic rings. The summed E-state index contributed by atoms with van der Waals surface area (Å²) in [5.74, 6) is 1.60. The van der Waals surface area contributed by atoms with Gasteiger partial charge in [-0.15, -0.1) is 0 Å². The molecule has 4 rings (SSSR count). The van der Waals surface area contributed by atoms with Crippen LogP contribution in [0.25, 0.3) is 0 Å². The van der Waals surface area contributed by atoms with Crippen LogP contribution in [0.1, 0.15) is 106 Å². The summed E-state index contributed by atoms with van der Waals surface area (Å²) in [6, 6.07) is 4.71. The molecule has 2 aliphatic carbocycles. The van der Waals surface area contributed by atoms with Gasteiger partial charge in [0.1, 0.15) is 30.8 Å². The summed E-state index contributed by atoms with van der Waals surface area (Å²) in [5, 5.41) is 0. The van der Waals surface area contributed by atoms with E-state index in [2.05, 4.69) is 67.5 Å². The number of carbonyl (C=O) groups excluding carboxylic acids is 1. The van der Waals surface area contributed by atoms with Crippen molar-refractivity contribution >= 4 is 5.97 Å². The third kappa shape index (κ3) is 4.96. The molecule has 39 heavy (non-hydrogen) atoms. The van der Waals surface area contributed by atoms with Crippen molar-refractivity contribution in [1.82, 2.24) is 0 Å². The van der Waals surface area contributed by atoms with Crippen LogP contribution in [-0.2, 0) is 30.5 Å². The van der Waals surface area contributed by atoms with Crippen molar-refractivity contribution in [2.45, 2.75) is 117 Å². The third-order valence-corrected chi connectivity index (χ3v) is 9.00. The molecule has 0 aromatic heterocycles. The van der Waals surface area contributed by atoms with E-state index in [0.29, 0.717) is 13.2 Å². The van der Waals surface area contributed by atoms with E-state index < -0.39 is 0 Å². The van der Waals surface area contributed by atoms with Crippen LogP contribution in [0.4, 0.5) is 0 Å². The molecule has 0 N–H and O–H groups in total. The Morgan fingerprint density at radius 3 is 1.59 bits per heavy atom. The number of esters is 1. The van der Waals surface area contributed by atoms with Crippen LogP contribution in [0.5, 0.6) is 11.5 Å². The molecule has 0 fully saturated rings. The maximum absolute atomic E-state index is 11.5. The maximum Gasteiger partial charge on any atom is 0.303 e. The molecule has 5 nitrogen and oxygen atoms in total. The zero-order chi connectivity index (χ0) is 29.1. The van der Waals surface area contributed by atoms with Gasteiger partial charge < -0.3 is 18.9 Å². The molecule has 2 aromatic carbocycles. The second-order valence-corrected chi connectivity index (χ2v) is 13.4. The number of hydrogen-bond donors (Lipinski definition) is 0. The van der Waals surface area contributed by atoms with Gasteiger partial charge in [-0.05, 0) is 110 Å². The zero-order valence-corrected chi connectivity index (χ0v) is 26.2. The predicted molar refractivity (Wildman–Crippen MR) is 157 cm³/mol.